The number of thioether (sulfide) groups is 1. The van der Waals surface area contributed by atoms with Crippen molar-refractivity contribution in [2.75, 3.05) is 0 Å². The van der Waals surface area contributed by atoms with Gasteiger partial charge in [0.05, 0.1) is 17.0 Å². The highest BCUT2D eigenvalue weighted by Gasteiger charge is 2.24. The third kappa shape index (κ3) is 5.10. The molecule has 6 nitrogen and oxygen atoms in total. The lowest BCUT2D eigenvalue weighted by Crippen LogP contribution is -2.33. The number of benzene rings is 2. The second-order valence-corrected chi connectivity index (χ2v) is 9.38. The number of hydrogen-bond acceptors (Lipinski definition) is 5. The number of carbonyl (C=O) groups is 1. The SMILES string of the molecule is Cc1c(Cl)cccc1-n1c(SC(C)C(=O)NC(C)c2ccccc2)nnc1-c1ccncc1. The summed E-state index contributed by atoms with van der Waals surface area (Å²) in [5.74, 6) is 0.592. The van der Waals surface area contributed by atoms with Crippen molar-refractivity contribution in [3.8, 4) is 17.1 Å². The smallest absolute Gasteiger partial charge is 0.233 e. The van der Waals surface area contributed by atoms with Gasteiger partial charge in [0.15, 0.2) is 11.0 Å². The maximum absolute atomic E-state index is 13.0. The lowest BCUT2D eigenvalue weighted by atomic mass is 10.1. The summed E-state index contributed by atoms with van der Waals surface area (Å²) in [5.41, 5.74) is 3.71. The number of halogens is 1. The first kappa shape index (κ1) is 23.0. The fourth-order valence-corrected chi connectivity index (χ4v) is 4.50. The minimum Gasteiger partial charge on any atom is -0.349 e. The third-order valence-electron chi connectivity index (χ3n) is 5.36. The molecule has 2 heterocycles. The van der Waals surface area contributed by atoms with Crippen molar-refractivity contribution in [2.24, 2.45) is 0 Å². The number of pyridine rings is 1. The Morgan fingerprint density at radius 1 is 1.00 bits per heavy atom. The van der Waals surface area contributed by atoms with Gasteiger partial charge < -0.3 is 5.32 Å². The summed E-state index contributed by atoms with van der Waals surface area (Å²) in [5, 5.41) is 12.8. The van der Waals surface area contributed by atoms with Gasteiger partial charge in [0.1, 0.15) is 0 Å². The van der Waals surface area contributed by atoms with Crippen LogP contribution in [0.2, 0.25) is 5.02 Å². The highest BCUT2D eigenvalue weighted by Crippen LogP contribution is 2.33. The van der Waals surface area contributed by atoms with Gasteiger partial charge in [-0.05, 0) is 56.2 Å². The number of nitrogens with one attached hydrogen (secondary N) is 1. The zero-order valence-electron chi connectivity index (χ0n) is 18.6. The Hall–Kier alpha value is -3.16. The van der Waals surface area contributed by atoms with Gasteiger partial charge in [-0.25, -0.2) is 0 Å². The average molecular weight is 478 g/mol. The molecule has 2 atom stereocenters. The predicted molar refractivity (Wildman–Crippen MR) is 133 cm³/mol. The predicted octanol–water partition coefficient (Wildman–Crippen LogP) is 5.65. The topological polar surface area (TPSA) is 72.7 Å². The monoisotopic (exact) mass is 477 g/mol. The molecular formula is C25H24ClN5OS. The molecule has 0 radical (unpaired) electrons. The maximum Gasteiger partial charge on any atom is 0.233 e. The summed E-state index contributed by atoms with van der Waals surface area (Å²) >= 11 is 7.78. The van der Waals surface area contributed by atoms with Crippen LogP contribution in [0.1, 0.15) is 31.0 Å². The van der Waals surface area contributed by atoms with E-state index in [1.807, 2.05) is 86.0 Å². The highest BCUT2D eigenvalue weighted by atomic mass is 35.5. The van der Waals surface area contributed by atoms with Crippen molar-refractivity contribution in [3.63, 3.8) is 0 Å². The van der Waals surface area contributed by atoms with Gasteiger partial charge in [-0.2, -0.15) is 0 Å². The highest BCUT2D eigenvalue weighted by molar-refractivity contribution is 8.00. The number of carbonyl (C=O) groups excluding carboxylic acids is 1. The van der Waals surface area contributed by atoms with Crippen LogP contribution in [0.5, 0.6) is 0 Å². The van der Waals surface area contributed by atoms with E-state index in [2.05, 4.69) is 20.5 Å². The van der Waals surface area contributed by atoms with Crippen LogP contribution in [0.25, 0.3) is 17.1 Å². The Balaban J connectivity index is 1.64. The van der Waals surface area contributed by atoms with Crippen LogP contribution in [-0.2, 0) is 4.79 Å². The second kappa shape index (κ2) is 10.2. The average Bonchev–Trinajstić information content (AvgIpc) is 3.25. The Labute approximate surface area is 202 Å². The van der Waals surface area contributed by atoms with Gasteiger partial charge in [-0.1, -0.05) is 59.8 Å². The van der Waals surface area contributed by atoms with E-state index in [0.717, 1.165) is 22.4 Å². The molecule has 4 rings (SSSR count). The molecule has 2 aromatic heterocycles. The number of nitrogens with zero attached hydrogens (tertiary/aromatic N) is 4. The first-order chi connectivity index (χ1) is 16.0. The molecule has 0 fully saturated rings. The van der Waals surface area contributed by atoms with Gasteiger partial charge in [-0.3, -0.25) is 14.3 Å². The number of rotatable bonds is 7. The molecule has 1 amide bonds. The standard InChI is InChI=1S/C25H24ClN5OS/c1-16-21(26)10-7-11-22(16)31-23(20-12-14-27-15-13-20)29-30-25(31)33-18(3)24(32)28-17(2)19-8-5-4-6-9-19/h4-15,17-18H,1-3H3,(H,28,32). The van der Waals surface area contributed by atoms with Crippen molar-refractivity contribution < 1.29 is 4.79 Å². The van der Waals surface area contributed by atoms with E-state index in [-0.39, 0.29) is 17.2 Å². The summed E-state index contributed by atoms with van der Waals surface area (Å²) in [6.45, 7) is 5.80. The van der Waals surface area contributed by atoms with Gasteiger partial charge >= 0.3 is 0 Å². The molecule has 8 heteroatoms. The minimum absolute atomic E-state index is 0.0702. The van der Waals surface area contributed by atoms with E-state index in [0.29, 0.717) is 16.0 Å². The van der Waals surface area contributed by atoms with Crippen LogP contribution in [0, 0.1) is 6.92 Å². The quantitative estimate of drug-likeness (QED) is 0.348. The summed E-state index contributed by atoms with van der Waals surface area (Å²) in [6.07, 6.45) is 3.43. The maximum atomic E-state index is 13.0. The van der Waals surface area contributed by atoms with E-state index < -0.39 is 0 Å². The zero-order valence-corrected chi connectivity index (χ0v) is 20.1. The molecule has 4 aromatic rings. The number of aromatic nitrogens is 4. The fourth-order valence-electron chi connectivity index (χ4n) is 3.46. The van der Waals surface area contributed by atoms with E-state index in [9.17, 15) is 4.79 Å². The first-order valence-corrected chi connectivity index (χ1v) is 11.8. The Kier molecular flexibility index (Phi) is 7.11. The molecule has 33 heavy (non-hydrogen) atoms. The molecule has 0 bridgehead atoms. The van der Waals surface area contributed by atoms with E-state index >= 15 is 0 Å². The molecule has 0 aliphatic carbocycles. The second-order valence-electron chi connectivity index (χ2n) is 7.66. The van der Waals surface area contributed by atoms with Crippen LogP contribution in [0.4, 0.5) is 0 Å². The van der Waals surface area contributed by atoms with Crippen LogP contribution >= 0.6 is 23.4 Å². The first-order valence-electron chi connectivity index (χ1n) is 10.6. The molecule has 0 saturated heterocycles. The Morgan fingerprint density at radius 3 is 2.45 bits per heavy atom. The minimum atomic E-state index is -0.385. The third-order valence-corrected chi connectivity index (χ3v) is 6.81. The zero-order chi connectivity index (χ0) is 23.4. The fraction of sp³-hybridized carbons (Fsp3) is 0.200. The van der Waals surface area contributed by atoms with Gasteiger partial charge in [0.25, 0.3) is 0 Å². The molecule has 2 unspecified atom stereocenters. The van der Waals surface area contributed by atoms with Crippen molar-refractivity contribution in [3.05, 3.63) is 89.2 Å². The molecular weight excluding hydrogens is 454 g/mol. The molecule has 1 N–H and O–H groups in total. The molecule has 0 aliphatic heterocycles. The molecule has 0 aliphatic rings. The van der Waals surface area contributed by atoms with Crippen molar-refractivity contribution in [2.45, 2.75) is 37.2 Å². The lowest BCUT2D eigenvalue weighted by molar-refractivity contribution is -0.120. The number of amides is 1. The van der Waals surface area contributed by atoms with E-state index in [1.165, 1.54) is 11.8 Å². The molecule has 0 saturated carbocycles. The van der Waals surface area contributed by atoms with Crippen LogP contribution in [0.3, 0.4) is 0 Å². The molecule has 0 spiro atoms. The van der Waals surface area contributed by atoms with Crippen molar-refractivity contribution in [1.82, 2.24) is 25.1 Å². The van der Waals surface area contributed by atoms with E-state index in [1.54, 1.807) is 12.4 Å². The summed E-state index contributed by atoms with van der Waals surface area (Å²) in [4.78, 5) is 17.1. The van der Waals surface area contributed by atoms with Crippen LogP contribution in [0.15, 0.2) is 78.2 Å². The van der Waals surface area contributed by atoms with Crippen LogP contribution < -0.4 is 5.32 Å². The Morgan fingerprint density at radius 2 is 1.73 bits per heavy atom. The Bertz CT molecular complexity index is 1250. The largest absolute Gasteiger partial charge is 0.349 e. The summed E-state index contributed by atoms with van der Waals surface area (Å²) < 4.78 is 1.95. The van der Waals surface area contributed by atoms with Gasteiger partial charge in [-0.15, -0.1) is 10.2 Å². The molecule has 168 valence electrons. The van der Waals surface area contributed by atoms with Crippen LogP contribution in [-0.4, -0.2) is 30.9 Å². The van der Waals surface area contributed by atoms with Crippen molar-refractivity contribution in [1.29, 1.82) is 0 Å². The van der Waals surface area contributed by atoms with E-state index in [4.69, 9.17) is 11.6 Å². The molecule has 2 aromatic carbocycles. The van der Waals surface area contributed by atoms with Crippen molar-refractivity contribution >= 4 is 29.3 Å². The lowest BCUT2D eigenvalue weighted by Gasteiger charge is -2.18. The normalized spacial score (nSPS) is 12.8. The van der Waals surface area contributed by atoms with Gasteiger partial charge in [0.2, 0.25) is 5.91 Å². The summed E-state index contributed by atoms with van der Waals surface area (Å²) in [6, 6.07) is 19.3. The van der Waals surface area contributed by atoms with Gasteiger partial charge in [0, 0.05) is 23.0 Å². The number of hydrogen-bond donors (Lipinski definition) is 1. The summed E-state index contributed by atoms with van der Waals surface area (Å²) in [7, 11) is 0.